The molecule has 22 nitrogen and oxygen atoms in total. The van der Waals surface area contributed by atoms with Crippen molar-refractivity contribution < 1.29 is 57.8 Å². The molecule has 486 valence electrons. The molecule has 4 N–H and O–H groups in total. The van der Waals surface area contributed by atoms with Crippen LogP contribution in [0.15, 0.2) is 12.2 Å². The van der Waals surface area contributed by atoms with E-state index in [-0.39, 0.29) is 62.2 Å². The fourth-order valence-electron chi connectivity index (χ4n) is 11.0. The van der Waals surface area contributed by atoms with Gasteiger partial charge in [-0.2, -0.15) is 0 Å². The Morgan fingerprint density at radius 3 is 1.38 bits per heavy atom. The predicted octanol–water partition coefficient (Wildman–Crippen LogP) is 4.36. The van der Waals surface area contributed by atoms with E-state index in [0.29, 0.717) is 6.42 Å². The Morgan fingerprint density at radius 2 is 0.918 bits per heavy atom. The first-order valence-electron chi connectivity index (χ1n) is 30.8. The molecular weight excluding hydrogens is 1090 g/mol. The first-order valence-corrected chi connectivity index (χ1v) is 30.8. The van der Waals surface area contributed by atoms with Gasteiger partial charge in [0, 0.05) is 61.7 Å². The van der Waals surface area contributed by atoms with Crippen LogP contribution in [0.25, 0.3) is 0 Å². The first-order chi connectivity index (χ1) is 39.2. The topological polar surface area (TPSA) is 267 Å². The van der Waals surface area contributed by atoms with Crippen molar-refractivity contribution >= 4 is 64.9 Å². The van der Waals surface area contributed by atoms with Crippen molar-refractivity contribution in [3.05, 3.63) is 12.2 Å². The number of carbonyl (C=O) groups is 11. The van der Waals surface area contributed by atoms with Gasteiger partial charge in [-0.15, -0.1) is 0 Å². The van der Waals surface area contributed by atoms with Crippen molar-refractivity contribution in [3.8, 4) is 0 Å². The molecule has 0 aromatic heterocycles. The van der Waals surface area contributed by atoms with Gasteiger partial charge in [-0.25, -0.2) is 0 Å². The summed E-state index contributed by atoms with van der Waals surface area (Å²) in [6.07, 6.45) is 2.88. The molecule has 1 aliphatic heterocycles. The van der Waals surface area contributed by atoms with Crippen LogP contribution < -0.4 is 16.0 Å². The average Bonchev–Trinajstić information content (AvgIpc) is 3.62. The molecule has 1 rings (SSSR count). The SMILES string of the molecule is C/C=C/C[C@@H](C)C(O)[C@H]1C(=O)N[C@@H](CC)C(=O)N(C)CC(=O)N(C)[C@@H](CC(C)C)C(=O)C[C@@H](C(C)C)C(=O)N(C)C(CC(C)C)C(=O)N[C@@H](C)C(=O)N[C@H](C)C(=O)N(C)[C@@H](CC(C)C)C(=O)N(C)C(CC(C)C)C(=O)N(C)C(C(C)C)C(=O)N1C. The number of hydrogen-bond acceptors (Lipinski definition) is 12. The van der Waals surface area contributed by atoms with Crippen LogP contribution in [0.4, 0.5) is 0 Å². The molecule has 10 amide bonds. The number of rotatable bonds is 15. The summed E-state index contributed by atoms with van der Waals surface area (Å²) in [7, 11) is 10.0. The molecule has 1 aliphatic rings. The number of carbonyl (C=O) groups excluding carboxylic acids is 11. The lowest BCUT2D eigenvalue weighted by molar-refractivity contribution is -0.157. The standard InChI is InChI=1S/C63H112N10O12/c1-25-27-28-41(15)54(76)53-57(79)66-45(26-2)60(82)67(18)34-51(75)68(19)46(29-35(3)4)50(74)33-44(39(11)12)59(81)69(20)47(30-36(5)6)56(78)64-42(16)55(77)65-43(17)58(80)70(21)48(31-37(7)8)61(83)71(22)49(32-38(9)10)62(84)72(23)52(40(13)14)63(85)73(53)24/h25,27,35-49,52-54,76H,26,28-34H2,1-24H3,(H,64,78)(H,65,77)(H,66,79)/b27-25+/t41-,42+,43-,44+,45+,46+,47?,48+,49?,52?,53+,54?/m1/s1. The summed E-state index contributed by atoms with van der Waals surface area (Å²) in [5.74, 6) is -9.97. The maximum Gasteiger partial charge on any atom is 0.246 e. The predicted molar refractivity (Wildman–Crippen MR) is 330 cm³/mol. The molecule has 1 fully saturated rings. The Hall–Kier alpha value is -5.93. The van der Waals surface area contributed by atoms with Gasteiger partial charge in [0.05, 0.1) is 18.7 Å². The van der Waals surface area contributed by atoms with Gasteiger partial charge >= 0.3 is 0 Å². The van der Waals surface area contributed by atoms with Gasteiger partial charge in [0.2, 0.25) is 59.1 Å². The summed E-state index contributed by atoms with van der Waals surface area (Å²) in [6.45, 7) is 29.6. The number of Topliss-reactive ketones (excluding diaryl/α,β-unsaturated/α-hetero) is 1. The number of ketones is 1. The number of aliphatic hydroxyl groups excluding tert-OH is 1. The highest BCUT2D eigenvalue weighted by Crippen LogP contribution is 2.27. The van der Waals surface area contributed by atoms with Crippen molar-refractivity contribution in [2.24, 2.45) is 47.3 Å². The minimum absolute atomic E-state index is 0.0329. The Bertz CT molecular complexity index is 2320. The van der Waals surface area contributed by atoms with Crippen LogP contribution in [-0.2, 0) is 52.7 Å². The monoisotopic (exact) mass is 1200 g/mol. The summed E-state index contributed by atoms with van der Waals surface area (Å²) in [6, 6.07) is -10.9. The number of nitrogens with zero attached hydrogens (tertiary/aromatic N) is 7. The van der Waals surface area contributed by atoms with E-state index in [1.807, 2.05) is 61.5 Å². The van der Waals surface area contributed by atoms with Gasteiger partial charge in [-0.3, -0.25) is 52.7 Å². The zero-order valence-corrected chi connectivity index (χ0v) is 56.3. The highest BCUT2D eigenvalue weighted by Gasteiger charge is 2.45. The van der Waals surface area contributed by atoms with Gasteiger partial charge < -0.3 is 55.4 Å². The van der Waals surface area contributed by atoms with Crippen LogP contribution in [-0.4, -0.2) is 221 Å². The van der Waals surface area contributed by atoms with Crippen LogP contribution in [0.5, 0.6) is 0 Å². The van der Waals surface area contributed by atoms with Crippen molar-refractivity contribution in [1.29, 1.82) is 0 Å². The highest BCUT2D eigenvalue weighted by atomic mass is 16.3. The summed E-state index contributed by atoms with van der Waals surface area (Å²) in [4.78, 5) is 169. The van der Waals surface area contributed by atoms with E-state index in [1.165, 1.54) is 87.7 Å². The molecule has 85 heavy (non-hydrogen) atoms. The Morgan fingerprint density at radius 1 is 0.482 bits per heavy atom. The Labute approximate surface area is 509 Å². The van der Waals surface area contributed by atoms with Crippen LogP contribution >= 0.6 is 0 Å². The minimum Gasteiger partial charge on any atom is -0.390 e. The van der Waals surface area contributed by atoms with E-state index >= 15 is 9.59 Å². The molecule has 12 atom stereocenters. The molecule has 0 bridgehead atoms. The van der Waals surface area contributed by atoms with Gasteiger partial charge in [-0.1, -0.05) is 109 Å². The number of nitrogens with one attached hydrogen (secondary N) is 3. The quantitative estimate of drug-likeness (QED) is 0.167. The van der Waals surface area contributed by atoms with Crippen molar-refractivity contribution in [3.63, 3.8) is 0 Å². The van der Waals surface area contributed by atoms with E-state index < -0.39 is 156 Å². The molecule has 1 heterocycles. The molecule has 22 heteroatoms. The van der Waals surface area contributed by atoms with Crippen molar-refractivity contribution in [2.75, 3.05) is 55.9 Å². The van der Waals surface area contributed by atoms with E-state index in [9.17, 15) is 48.3 Å². The molecular formula is C63H112N10O12. The van der Waals surface area contributed by atoms with Crippen molar-refractivity contribution in [2.45, 2.75) is 223 Å². The lowest BCUT2D eigenvalue weighted by Gasteiger charge is -2.41. The fourth-order valence-corrected chi connectivity index (χ4v) is 11.0. The van der Waals surface area contributed by atoms with Gasteiger partial charge in [-0.05, 0) is 101 Å². The zero-order valence-electron chi connectivity index (χ0n) is 56.3. The molecule has 0 radical (unpaired) electrons. The van der Waals surface area contributed by atoms with E-state index in [2.05, 4.69) is 16.0 Å². The molecule has 4 unspecified atom stereocenters. The fraction of sp³-hybridized carbons (Fsp3) is 0.794. The zero-order chi connectivity index (χ0) is 66.0. The lowest BCUT2D eigenvalue weighted by Crippen LogP contribution is -2.63. The minimum atomic E-state index is -1.60. The summed E-state index contributed by atoms with van der Waals surface area (Å²) in [5, 5.41) is 20.3. The third-order valence-corrected chi connectivity index (χ3v) is 16.5. The summed E-state index contributed by atoms with van der Waals surface area (Å²) < 4.78 is 0. The number of hydrogen-bond donors (Lipinski definition) is 4. The molecule has 0 saturated carbocycles. The molecule has 1 saturated heterocycles. The summed E-state index contributed by atoms with van der Waals surface area (Å²) >= 11 is 0. The summed E-state index contributed by atoms with van der Waals surface area (Å²) in [5.41, 5.74) is 0. The molecule has 0 aromatic rings. The second-order valence-electron chi connectivity index (χ2n) is 26.4. The van der Waals surface area contributed by atoms with Gasteiger partial charge in [0.1, 0.15) is 48.3 Å². The first kappa shape index (κ1) is 77.1. The molecule has 0 aliphatic carbocycles. The van der Waals surface area contributed by atoms with E-state index in [0.717, 1.165) is 9.80 Å². The third kappa shape index (κ3) is 21.8. The van der Waals surface area contributed by atoms with Gasteiger partial charge in [0.15, 0.2) is 5.78 Å². The number of amides is 10. The maximum atomic E-state index is 15.1. The smallest absolute Gasteiger partial charge is 0.246 e. The van der Waals surface area contributed by atoms with Crippen LogP contribution in [0, 0.1) is 47.3 Å². The lowest BCUT2D eigenvalue weighted by atomic mass is 9.85. The van der Waals surface area contributed by atoms with Gasteiger partial charge in [0.25, 0.3) is 0 Å². The highest BCUT2D eigenvalue weighted by molar-refractivity contribution is 5.99. The van der Waals surface area contributed by atoms with E-state index in [4.69, 9.17) is 0 Å². The average molecular weight is 1200 g/mol. The number of likely N-dealkylation sites (N-methyl/N-ethyl adjacent to an activating group) is 7. The normalized spacial score (nSPS) is 27.0. The van der Waals surface area contributed by atoms with Crippen LogP contribution in [0.2, 0.25) is 0 Å². The number of allylic oxidation sites excluding steroid dienone is 2. The van der Waals surface area contributed by atoms with Crippen LogP contribution in [0.1, 0.15) is 163 Å². The van der Waals surface area contributed by atoms with Crippen molar-refractivity contribution in [1.82, 2.24) is 50.2 Å². The third-order valence-electron chi connectivity index (χ3n) is 16.5. The van der Waals surface area contributed by atoms with E-state index in [1.54, 1.807) is 54.5 Å². The van der Waals surface area contributed by atoms with Crippen LogP contribution in [0.3, 0.4) is 0 Å². The largest absolute Gasteiger partial charge is 0.390 e. The molecule has 0 spiro atoms. The maximum absolute atomic E-state index is 15.1. The Balaban J connectivity index is 4.32. The number of aliphatic hydroxyl groups is 1. The molecule has 0 aromatic carbocycles. The Kier molecular flexibility index (Phi) is 31.8. The second kappa shape index (κ2) is 35.0. The second-order valence-corrected chi connectivity index (χ2v) is 26.4.